The van der Waals surface area contributed by atoms with Gasteiger partial charge in [0.1, 0.15) is 0 Å². The van der Waals surface area contributed by atoms with Crippen LogP contribution in [-0.2, 0) is 6.54 Å². The number of fused-ring (bicyclic) bond motifs is 1. The van der Waals surface area contributed by atoms with Gasteiger partial charge in [0.15, 0.2) is 0 Å². The van der Waals surface area contributed by atoms with Crippen molar-refractivity contribution in [1.82, 2.24) is 5.32 Å². The topological polar surface area (TPSA) is 12.0 Å². The summed E-state index contributed by atoms with van der Waals surface area (Å²) in [6, 6.07) is 19.6. The molecule has 3 aromatic rings. The highest BCUT2D eigenvalue weighted by atomic mass is 79.9. The molecule has 0 aliphatic rings. The molecule has 3 heteroatoms. The highest BCUT2D eigenvalue weighted by molar-refractivity contribution is 9.10. The second-order valence-electron chi connectivity index (χ2n) is 4.88. The van der Waals surface area contributed by atoms with Crippen LogP contribution < -0.4 is 5.32 Å². The second kappa shape index (κ2) is 6.08. The zero-order valence-corrected chi connectivity index (χ0v) is 13.7. The van der Waals surface area contributed by atoms with Crippen LogP contribution in [0.4, 0.5) is 0 Å². The quantitative estimate of drug-likeness (QED) is 0.656. The Kier molecular flexibility index (Phi) is 4.20. The summed E-state index contributed by atoms with van der Waals surface area (Å²) in [6.07, 6.45) is 0. The van der Waals surface area contributed by atoms with Crippen LogP contribution in [-0.4, -0.2) is 0 Å². The molecule has 1 nitrogen and oxygen atoms in total. The van der Waals surface area contributed by atoms with Gasteiger partial charge in [-0.05, 0) is 36.1 Å². The highest BCUT2D eigenvalue weighted by Crippen LogP contribution is 2.29. The van der Waals surface area contributed by atoms with Crippen LogP contribution in [0.1, 0.15) is 23.4 Å². The van der Waals surface area contributed by atoms with Gasteiger partial charge in [-0.2, -0.15) is 0 Å². The molecule has 0 saturated heterocycles. The van der Waals surface area contributed by atoms with E-state index in [0.717, 1.165) is 11.0 Å². The van der Waals surface area contributed by atoms with Gasteiger partial charge in [0.05, 0.1) is 0 Å². The van der Waals surface area contributed by atoms with Crippen molar-refractivity contribution in [2.45, 2.75) is 19.5 Å². The van der Waals surface area contributed by atoms with E-state index in [9.17, 15) is 0 Å². The summed E-state index contributed by atoms with van der Waals surface area (Å²) in [5, 5.41) is 4.93. The molecule has 0 aliphatic heterocycles. The summed E-state index contributed by atoms with van der Waals surface area (Å²) in [6.45, 7) is 3.10. The van der Waals surface area contributed by atoms with Crippen LogP contribution >= 0.6 is 27.3 Å². The molecule has 0 spiro atoms. The Morgan fingerprint density at radius 1 is 1.10 bits per heavy atom. The fourth-order valence-corrected chi connectivity index (χ4v) is 3.74. The molecular formula is C17H16BrNS. The van der Waals surface area contributed by atoms with Crippen molar-refractivity contribution in [1.29, 1.82) is 0 Å². The van der Waals surface area contributed by atoms with Gasteiger partial charge in [0.2, 0.25) is 0 Å². The van der Waals surface area contributed by atoms with Crippen LogP contribution in [0.25, 0.3) is 10.1 Å². The standard InChI is InChI=1S/C17H16BrNS/c1-12(19-11-14-7-2-4-8-15(14)18)17-10-13-6-3-5-9-16(13)20-17/h2-10,12,19H,11H2,1H3. The van der Waals surface area contributed by atoms with Gasteiger partial charge in [0, 0.05) is 26.6 Å². The molecule has 0 radical (unpaired) electrons. The molecular weight excluding hydrogens is 330 g/mol. The molecule has 0 bridgehead atoms. The molecule has 0 fully saturated rings. The molecule has 0 saturated carbocycles. The van der Waals surface area contributed by atoms with E-state index >= 15 is 0 Å². The van der Waals surface area contributed by atoms with Crippen LogP contribution in [0, 0.1) is 0 Å². The van der Waals surface area contributed by atoms with E-state index in [-0.39, 0.29) is 0 Å². The summed E-state index contributed by atoms with van der Waals surface area (Å²) >= 11 is 5.46. The first-order valence-corrected chi connectivity index (χ1v) is 8.30. The second-order valence-corrected chi connectivity index (χ2v) is 6.85. The Morgan fingerprint density at radius 3 is 2.65 bits per heavy atom. The normalized spacial score (nSPS) is 12.7. The summed E-state index contributed by atoms with van der Waals surface area (Å²) in [5.74, 6) is 0. The summed E-state index contributed by atoms with van der Waals surface area (Å²) in [4.78, 5) is 1.39. The number of halogens is 1. The Bertz CT molecular complexity index is 687. The lowest BCUT2D eigenvalue weighted by molar-refractivity contribution is 0.582. The van der Waals surface area contributed by atoms with E-state index in [0.29, 0.717) is 6.04 Å². The van der Waals surface area contributed by atoms with Crippen LogP contribution in [0.5, 0.6) is 0 Å². The minimum atomic E-state index is 0.361. The first kappa shape index (κ1) is 13.8. The van der Waals surface area contributed by atoms with Crippen molar-refractivity contribution in [2.75, 3.05) is 0 Å². The van der Waals surface area contributed by atoms with E-state index in [1.807, 2.05) is 17.4 Å². The number of hydrogen-bond donors (Lipinski definition) is 1. The summed E-state index contributed by atoms with van der Waals surface area (Å²) in [7, 11) is 0. The van der Waals surface area contributed by atoms with E-state index in [1.165, 1.54) is 20.5 Å². The zero-order valence-electron chi connectivity index (χ0n) is 11.3. The van der Waals surface area contributed by atoms with Crippen molar-refractivity contribution >= 4 is 37.4 Å². The molecule has 3 rings (SSSR count). The number of thiophene rings is 1. The molecule has 1 atom stereocenters. The molecule has 1 heterocycles. The Morgan fingerprint density at radius 2 is 1.85 bits per heavy atom. The van der Waals surface area contributed by atoms with Gasteiger partial charge in [-0.3, -0.25) is 0 Å². The number of rotatable bonds is 4. The number of nitrogens with one attached hydrogen (secondary N) is 1. The minimum Gasteiger partial charge on any atom is -0.305 e. The first-order valence-electron chi connectivity index (χ1n) is 6.69. The maximum absolute atomic E-state index is 3.60. The minimum absolute atomic E-state index is 0.361. The Hall–Kier alpha value is -1.16. The fraction of sp³-hybridized carbons (Fsp3) is 0.176. The molecule has 2 aromatic carbocycles. The summed E-state index contributed by atoms with van der Waals surface area (Å²) < 4.78 is 2.52. The third-order valence-electron chi connectivity index (χ3n) is 3.43. The summed E-state index contributed by atoms with van der Waals surface area (Å²) in [5.41, 5.74) is 1.29. The monoisotopic (exact) mass is 345 g/mol. The van der Waals surface area contributed by atoms with Gasteiger partial charge in [-0.15, -0.1) is 11.3 Å². The smallest absolute Gasteiger partial charge is 0.0389 e. The Labute approximate surface area is 131 Å². The molecule has 20 heavy (non-hydrogen) atoms. The highest BCUT2D eigenvalue weighted by Gasteiger charge is 2.09. The Balaban J connectivity index is 1.73. The van der Waals surface area contributed by atoms with Crippen molar-refractivity contribution in [2.24, 2.45) is 0 Å². The van der Waals surface area contributed by atoms with Crippen molar-refractivity contribution in [3.8, 4) is 0 Å². The third kappa shape index (κ3) is 2.95. The average molecular weight is 346 g/mol. The largest absolute Gasteiger partial charge is 0.305 e. The molecule has 0 amide bonds. The maximum Gasteiger partial charge on any atom is 0.0389 e. The average Bonchev–Trinajstić information content (AvgIpc) is 2.90. The molecule has 0 aliphatic carbocycles. The van der Waals surface area contributed by atoms with Gasteiger partial charge >= 0.3 is 0 Å². The van der Waals surface area contributed by atoms with Crippen molar-refractivity contribution in [3.05, 3.63) is 69.5 Å². The van der Waals surface area contributed by atoms with E-state index in [4.69, 9.17) is 0 Å². The molecule has 1 unspecified atom stereocenters. The number of hydrogen-bond acceptors (Lipinski definition) is 2. The van der Waals surface area contributed by atoms with Crippen molar-refractivity contribution in [3.63, 3.8) is 0 Å². The first-order chi connectivity index (χ1) is 9.74. The predicted molar refractivity (Wildman–Crippen MR) is 91.2 cm³/mol. The fourth-order valence-electron chi connectivity index (χ4n) is 2.22. The van der Waals surface area contributed by atoms with E-state index < -0.39 is 0 Å². The van der Waals surface area contributed by atoms with Gasteiger partial charge in [-0.25, -0.2) is 0 Å². The lowest BCUT2D eigenvalue weighted by Gasteiger charge is -2.12. The van der Waals surface area contributed by atoms with Crippen LogP contribution in [0.2, 0.25) is 0 Å². The lowest BCUT2D eigenvalue weighted by Crippen LogP contribution is -2.17. The zero-order chi connectivity index (χ0) is 13.9. The third-order valence-corrected chi connectivity index (χ3v) is 5.50. The predicted octanol–water partition coefficient (Wildman–Crippen LogP) is 5.51. The van der Waals surface area contributed by atoms with Gasteiger partial charge in [0.25, 0.3) is 0 Å². The van der Waals surface area contributed by atoms with Gasteiger partial charge < -0.3 is 5.32 Å². The van der Waals surface area contributed by atoms with Crippen LogP contribution in [0.3, 0.4) is 0 Å². The van der Waals surface area contributed by atoms with Gasteiger partial charge in [-0.1, -0.05) is 52.3 Å². The maximum atomic E-state index is 3.60. The number of benzene rings is 2. The SMILES string of the molecule is CC(NCc1ccccc1Br)c1cc2ccccc2s1. The molecule has 1 N–H and O–H groups in total. The molecule has 1 aromatic heterocycles. The van der Waals surface area contributed by atoms with Crippen LogP contribution in [0.15, 0.2) is 59.1 Å². The lowest BCUT2D eigenvalue weighted by atomic mass is 10.2. The van der Waals surface area contributed by atoms with E-state index in [1.54, 1.807) is 0 Å². The van der Waals surface area contributed by atoms with Crippen molar-refractivity contribution < 1.29 is 0 Å². The van der Waals surface area contributed by atoms with E-state index in [2.05, 4.69) is 76.7 Å². The molecule has 102 valence electrons.